The highest BCUT2D eigenvalue weighted by atomic mass is 16.5. The monoisotopic (exact) mass is 369 g/mol. The minimum Gasteiger partial charge on any atom is -0.493 e. The standard InChI is InChI=1S/C21H27N3O3/c1-5-12-27-19-11-8-17(13-20(19)26-4)14-22-24-21(25)16(3)23-18-9-6-15(2)7-10-18/h6-11,13-14,16,23H,5,12H2,1-4H3,(H,24,25)/b22-14-/t16-/m0/s1. The van der Waals surface area contributed by atoms with E-state index >= 15 is 0 Å². The van der Waals surface area contributed by atoms with Crippen LogP contribution in [0.3, 0.4) is 0 Å². The smallest absolute Gasteiger partial charge is 0.262 e. The molecule has 0 aliphatic rings. The number of hydrogen-bond acceptors (Lipinski definition) is 5. The summed E-state index contributed by atoms with van der Waals surface area (Å²) < 4.78 is 11.0. The van der Waals surface area contributed by atoms with Crippen molar-refractivity contribution in [2.45, 2.75) is 33.2 Å². The quantitative estimate of drug-likeness (QED) is 0.522. The maximum Gasteiger partial charge on any atom is 0.262 e. The average Bonchev–Trinajstić information content (AvgIpc) is 2.68. The predicted molar refractivity (Wildman–Crippen MR) is 109 cm³/mol. The summed E-state index contributed by atoms with van der Waals surface area (Å²) in [6.07, 6.45) is 2.50. The van der Waals surface area contributed by atoms with Gasteiger partial charge in [0.1, 0.15) is 6.04 Å². The second kappa shape index (κ2) is 10.2. The number of anilines is 1. The van der Waals surface area contributed by atoms with Crippen molar-refractivity contribution in [2.24, 2.45) is 5.10 Å². The lowest BCUT2D eigenvalue weighted by molar-refractivity contribution is -0.121. The highest BCUT2D eigenvalue weighted by Gasteiger charge is 2.11. The first kappa shape index (κ1) is 20.3. The number of benzene rings is 2. The van der Waals surface area contributed by atoms with Gasteiger partial charge in [-0.2, -0.15) is 5.10 Å². The van der Waals surface area contributed by atoms with E-state index in [0.29, 0.717) is 18.1 Å². The molecule has 2 N–H and O–H groups in total. The van der Waals surface area contributed by atoms with Crippen molar-refractivity contribution >= 4 is 17.8 Å². The molecule has 0 aliphatic carbocycles. The second-order valence-corrected chi connectivity index (χ2v) is 6.23. The van der Waals surface area contributed by atoms with Gasteiger partial charge in [-0.3, -0.25) is 4.79 Å². The van der Waals surface area contributed by atoms with E-state index in [1.165, 1.54) is 5.56 Å². The Morgan fingerprint density at radius 1 is 1.19 bits per heavy atom. The fourth-order valence-electron chi connectivity index (χ4n) is 2.33. The molecule has 1 amide bonds. The molecule has 0 radical (unpaired) electrons. The molecule has 0 aromatic heterocycles. The fraction of sp³-hybridized carbons (Fsp3) is 0.333. The van der Waals surface area contributed by atoms with E-state index in [1.54, 1.807) is 20.2 Å². The highest BCUT2D eigenvalue weighted by Crippen LogP contribution is 2.27. The molecule has 0 saturated carbocycles. The van der Waals surface area contributed by atoms with Crippen molar-refractivity contribution in [1.82, 2.24) is 5.43 Å². The summed E-state index contributed by atoms with van der Waals surface area (Å²) in [7, 11) is 1.59. The summed E-state index contributed by atoms with van der Waals surface area (Å²) in [6, 6.07) is 13.0. The Morgan fingerprint density at radius 3 is 2.59 bits per heavy atom. The normalized spacial score (nSPS) is 11.9. The van der Waals surface area contributed by atoms with Crippen LogP contribution in [0.25, 0.3) is 0 Å². The van der Waals surface area contributed by atoms with Crippen molar-refractivity contribution < 1.29 is 14.3 Å². The Morgan fingerprint density at radius 2 is 1.93 bits per heavy atom. The molecule has 0 fully saturated rings. The summed E-state index contributed by atoms with van der Waals surface area (Å²) in [4.78, 5) is 12.2. The van der Waals surface area contributed by atoms with Gasteiger partial charge in [0.25, 0.3) is 5.91 Å². The number of amides is 1. The van der Waals surface area contributed by atoms with Crippen molar-refractivity contribution in [2.75, 3.05) is 19.0 Å². The lowest BCUT2D eigenvalue weighted by atomic mass is 10.2. The molecule has 0 saturated heterocycles. The number of carbonyl (C=O) groups is 1. The van der Waals surface area contributed by atoms with E-state index < -0.39 is 6.04 Å². The maximum absolute atomic E-state index is 12.2. The largest absolute Gasteiger partial charge is 0.493 e. The van der Waals surface area contributed by atoms with Crippen LogP contribution in [0.2, 0.25) is 0 Å². The molecule has 2 aromatic rings. The van der Waals surface area contributed by atoms with Crippen LogP contribution in [0.5, 0.6) is 11.5 Å². The van der Waals surface area contributed by atoms with Crippen molar-refractivity contribution in [1.29, 1.82) is 0 Å². The molecular weight excluding hydrogens is 342 g/mol. The molecule has 0 spiro atoms. The lowest BCUT2D eigenvalue weighted by Crippen LogP contribution is -2.34. The van der Waals surface area contributed by atoms with Gasteiger partial charge in [-0.05, 0) is 56.2 Å². The third kappa shape index (κ3) is 6.33. The topological polar surface area (TPSA) is 72.0 Å². The van der Waals surface area contributed by atoms with Gasteiger partial charge < -0.3 is 14.8 Å². The van der Waals surface area contributed by atoms with Gasteiger partial charge in [-0.1, -0.05) is 24.6 Å². The van der Waals surface area contributed by atoms with E-state index in [9.17, 15) is 4.79 Å². The van der Waals surface area contributed by atoms with Crippen molar-refractivity contribution in [3.63, 3.8) is 0 Å². The van der Waals surface area contributed by atoms with E-state index in [2.05, 4.69) is 15.8 Å². The number of methoxy groups -OCH3 is 1. The lowest BCUT2D eigenvalue weighted by Gasteiger charge is -2.13. The van der Waals surface area contributed by atoms with Gasteiger partial charge in [-0.25, -0.2) is 5.43 Å². The summed E-state index contributed by atoms with van der Waals surface area (Å²) in [5.74, 6) is 1.10. The second-order valence-electron chi connectivity index (χ2n) is 6.23. The molecule has 0 bridgehead atoms. The van der Waals surface area contributed by atoms with E-state index in [-0.39, 0.29) is 5.91 Å². The predicted octanol–water partition coefficient (Wildman–Crippen LogP) is 3.74. The number of nitrogens with one attached hydrogen (secondary N) is 2. The summed E-state index contributed by atoms with van der Waals surface area (Å²) in [5.41, 5.74) is 5.40. The average molecular weight is 369 g/mol. The number of hydrogen-bond donors (Lipinski definition) is 2. The Hall–Kier alpha value is -3.02. The van der Waals surface area contributed by atoms with Crippen molar-refractivity contribution in [3.8, 4) is 11.5 Å². The first-order valence-corrected chi connectivity index (χ1v) is 9.00. The zero-order valence-corrected chi connectivity index (χ0v) is 16.3. The number of nitrogens with zero attached hydrogens (tertiary/aromatic N) is 1. The Kier molecular flexibility index (Phi) is 7.67. The van der Waals surface area contributed by atoms with Crippen LogP contribution in [-0.2, 0) is 4.79 Å². The molecule has 2 rings (SSSR count). The molecule has 1 atom stereocenters. The van der Waals surface area contributed by atoms with Gasteiger partial charge in [0.05, 0.1) is 19.9 Å². The molecule has 6 nitrogen and oxygen atoms in total. The zero-order valence-electron chi connectivity index (χ0n) is 16.3. The van der Waals surface area contributed by atoms with Crippen LogP contribution in [-0.4, -0.2) is 31.9 Å². The molecule has 6 heteroatoms. The number of hydrazone groups is 1. The summed E-state index contributed by atoms with van der Waals surface area (Å²) >= 11 is 0. The third-order valence-corrected chi connectivity index (χ3v) is 3.87. The first-order valence-electron chi connectivity index (χ1n) is 9.00. The van der Waals surface area contributed by atoms with Gasteiger partial charge in [0.15, 0.2) is 11.5 Å². The first-order chi connectivity index (χ1) is 13.0. The molecule has 27 heavy (non-hydrogen) atoms. The molecule has 0 heterocycles. The third-order valence-electron chi connectivity index (χ3n) is 3.87. The number of rotatable bonds is 9. The molecule has 144 valence electrons. The van der Waals surface area contributed by atoms with E-state index in [4.69, 9.17) is 9.47 Å². The highest BCUT2D eigenvalue weighted by molar-refractivity contribution is 5.86. The minimum absolute atomic E-state index is 0.221. The number of aryl methyl sites for hydroxylation is 1. The van der Waals surface area contributed by atoms with Crippen LogP contribution in [0, 0.1) is 6.92 Å². The molecule has 0 aliphatic heterocycles. The number of carbonyl (C=O) groups excluding carboxylic acids is 1. The van der Waals surface area contributed by atoms with Gasteiger partial charge in [0.2, 0.25) is 0 Å². The molecule has 2 aromatic carbocycles. The van der Waals surface area contributed by atoms with Gasteiger partial charge in [0, 0.05) is 5.69 Å². The van der Waals surface area contributed by atoms with Gasteiger partial charge in [-0.15, -0.1) is 0 Å². The molecule has 0 unspecified atom stereocenters. The zero-order chi connectivity index (χ0) is 19.6. The van der Waals surface area contributed by atoms with Crippen LogP contribution in [0.1, 0.15) is 31.4 Å². The van der Waals surface area contributed by atoms with Gasteiger partial charge >= 0.3 is 0 Å². The van der Waals surface area contributed by atoms with Crippen LogP contribution >= 0.6 is 0 Å². The number of ether oxygens (including phenoxy) is 2. The minimum atomic E-state index is -0.413. The Balaban J connectivity index is 1.91. The summed E-state index contributed by atoms with van der Waals surface area (Å²) in [6.45, 7) is 6.48. The van der Waals surface area contributed by atoms with E-state index in [0.717, 1.165) is 17.7 Å². The molecular formula is C21H27N3O3. The summed E-state index contributed by atoms with van der Waals surface area (Å²) in [5, 5.41) is 7.16. The fourth-order valence-corrected chi connectivity index (χ4v) is 2.33. The van der Waals surface area contributed by atoms with Crippen LogP contribution in [0.15, 0.2) is 47.6 Å². The Bertz CT molecular complexity index is 773. The maximum atomic E-state index is 12.2. The van der Waals surface area contributed by atoms with Crippen LogP contribution in [0.4, 0.5) is 5.69 Å². The SMILES string of the molecule is CCCOc1ccc(/C=N\NC(=O)[C@H](C)Nc2ccc(C)cc2)cc1OC. The Labute approximate surface area is 160 Å². The van der Waals surface area contributed by atoms with E-state index in [1.807, 2.05) is 56.3 Å². The van der Waals surface area contributed by atoms with Crippen molar-refractivity contribution in [3.05, 3.63) is 53.6 Å². The van der Waals surface area contributed by atoms with Crippen LogP contribution < -0.4 is 20.2 Å².